The molecule has 17 heavy (non-hydrogen) atoms. The molecule has 0 fully saturated rings. The van der Waals surface area contributed by atoms with Crippen LogP contribution in [0.4, 0.5) is 0 Å². The second-order valence-electron chi connectivity index (χ2n) is 4.52. The zero-order chi connectivity index (χ0) is 12.9. The van der Waals surface area contributed by atoms with Crippen molar-refractivity contribution in [1.82, 2.24) is 10.2 Å². The summed E-state index contributed by atoms with van der Waals surface area (Å²) in [4.78, 5) is 2.29. The van der Waals surface area contributed by atoms with Gasteiger partial charge >= 0.3 is 0 Å². The molecule has 1 N–H and O–H groups in total. The van der Waals surface area contributed by atoms with Crippen molar-refractivity contribution in [2.45, 2.75) is 33.3 Å². The molecule has 0 bridgehead atoms. The topological polar surface area (TPSA) is 33.7 Å². The highest BCUT2D eigenvalue weighted by Crippen LogP contribution is 1.89. The molecule has 0 saturated heterocycles. The van der Waals surface area contributed by atoms with Gasteiger partial charge in [-0.15, -0.1) is 0 Å². The summed E-state index contributed by atoms with van der Waals surface area (Å²) in [6.45, 7) is 12.8. The molecule has 0 aliphatic heterocycles. The summed E-state index contributed by atoms with van der Waals surface area (Å²) in [6.07, 6.45) is 1.42. The number of hydrogen-bond donors (Lipinski definition) is 1. The summed E-state index contributed by atoms with van der Waals surface area (Å²) in [5, 5.41) is 3.41. The van der Waals surface area contributed by atoms with Gasteiger partial charge in [-0.25, -0.2) is 0 Å². The smallest absolute Gasteiger partial charge is 0.0596 e. The third-order valence-corrected chi connectivity index (χ3v) is 2.44. The van der Waals surface area contributed by atoms with Gasteiger partial charge in [-0.3, -0.25) is 0 Å². The van der Waals surface area contributed by atoms with Crippen LogP contribution in [0.3, 0.4) is 0 Å². The first-order valence-corrected chi connectivity index (χ1v) is 6.75. The molecule has 0 aromatic rings. The zero-order valence-corrected chi connectivity index (χ0v) is 12.0. The molecule has 0 unspecified atom stereocenters. The van der Waals surface area contributed by atoms with E-state index in [1.54, 1.807) is 0 Å². The molecule has 0 atom stereocenters. The normalized spacial score (nSPS) is 11.6. The quantitative estimate of drug-likeness (QED) is 0.527. The number of nitrogens with zero attached hydrogens (tertiary/aromatic N) is 1. The summed E-state index contributed by atoms with van der Waals surface area (Å²) in [5.74, 6) is 0. The number of rotatable bonds is 12. The molecule has 0 aliphatic rings. The maximum atomic E-state index is 5.51. The first kappa shape index (κ1) is 16.8. The molecule has 4 nitrogen and oxygen atoms in total. The molecule has 0 aromatic carbocycles. The molecular weight excluding hydrogens is 216 g/mol. The molecule has 0 aliphatic carbocycles. The van der Waals surface area contributed by atoms with E-state index >= 15 is 0 Å². The van der Waals surface area contributed by atoms with Crippen LogP contribution in [0.2, 0.25) is 0 Å². The Bertz CT molecular complexity index is 154. The molecule has 0 saturated carbocycles. The average molecular weight is 246 g/mol. The highest BCUT2D eigenvalue weighted by atomic mass is 16.5. The summed E-state index contributed by atoms with van der Waals surface area (Å²) in [6, 6.07) is 0. The third-order valence-electron chi connectivity index (χ3n) is 2.44. The fourth-order valence-corrected chi connectivity index (χ4v) is 1.39. The van der Waals surface area contributed by atoms with Gasteiger partial charge in [-0.1, -0.05) is 0 Å². The van der Waals surface area contributed by atoms with Gasteiger partial charge in [0, 0.05) is 32.8 Å². The number of nitrogens with one attached hydrogen (secondary N) is 1. The Morgan fingerprint density at radius 1 is 1.12 bits per heavy atom. The van der Waals surface area contributed by atoms with Crippen molar-refractivity contribution in [3.05, 3.63) is 0 Å². The van der Waals surface area contributed by atoms with E-state index in [9.17, 15) is 0 Å². The minimum Gasteiger partial charge on any atom is -0.382 e. The lowest BCUT2D eigenvalue weighted by Crippen LogP contribution is -2.32. The van der Waals surface area contributed by atoms with Gasteiger partial charge in [0.25, 0.3) is 0 Å². The van der Waals surface area contributed by atoms with E-state index < -0.39 is 0 Å². The Hall–Kier alpha value is -0.160. The Morgan fingerprint density at radius 3 is 2.53 bits per heavy atom. The zero-order valence-electron chi connectivity index (χ0n) is 12.0. The van der Waals surface area contributed by atoms with Crippen molar-refractivity contribution in [3.8, 4) is 0 Å². The monoisotopic (exact) mass is 246 g/mol. The SMILES string of the molecule is CCOCCCNCCN(C)CCOC(C)C. The van der Waals surface area contributed by atoms with Gasteiger partial charge in [0.05, 0.1) is 12.7 Å². The highest BCUT2D eigenvalue weighted by molar-refractivity contribution is 4.55. The van der Waals surface area contributed by atoms with Crippen molar-refractivity contribution < 1.29 is 9.47 Å². The minimum absolute atomic E-state index is 0.333. The van der Waals surface area contributed by atoms with E-state index in [0.29, 0.717) is 6.10 Å². The number of ether oxygens (including phenoxy) is 2. The summed E-state index contributed by atoms with van der Waals surface area (Å²) >= 11 is 0. The maximum Gasteiger partial charge on any atom is 0.0596 e. The van der Waals surface area contributed by atoms with Crippen molar-refractivity contribution in [2.75, 3.05) is 53.0 Å². The van der Waals surface area contributed by atoms with Gasteiger partial charge in [-0.05, 0) is 40.8 Å². The summed E-state index contributed by atoms with van der Waals surface area (Å²) in [7, 11) is 2.13. The van der Waals surface area contributed by atoms with E-state index in [0.717, 1.165) is 52.4 Å². The van der Waals surface area contributed by atoms with Crippen LogP contribution in [0, 0.1) is 0 Å². The van der Waals surface area contributed by atoms with Crippen LogP contribution in [0.1, 0.15) is 27.2 Å². The molecule has 0 heterocycles. The predicted octanol–water partition coefficient (Wildman–Crippen LogP) is 1.36. The van der Waals surface area contributed by atoms with Gasteiger partial charge in [0.1, 0.15) is 0 Å². The number of hydrogen-bond acceptors (Lipinski definition) is 4. The third kappa shape index (κ3) is 13.8. The lowest BCUT2D eigenvalue weighted by Gasteiger charge is -2.17. The molecule has 0 aromatic heterocycles. The Kier molecular flexibility index (Phi) is 12.2. The average Bonchev–Trinajstić information content (AvgIpc) is 2.27. The molecule has 4 heteroatoms. The largest absolute Gasteiger partial charge is 0.382 e. The standard InChI is InChI=1S/C13H30N2O2/c1-5-16-11-6-7-14-8-9-15(4)10-12-17-13(2)3/h13-14H,5-12H2,1-4H3. The molecule has 0 radical (unpaired) electrons. The second kappa shape index (κ2) is 12.3. The Labute approximate surface area is 107 Å². The predicted molar refractivity (Wildman–Crippen MR) is 72.6 cm³/mol. The molecule has 0 spiro atoms. The van der Waals surface area contributed by atoms with Crippen molar-refractivity contribution in [3.63, 3.8) is 0 Å². The van der Waals surface area contributed by atoms with Crippen LogP contribution >= 0.6 is 0 Å². The number of likely N-dealkylation sites (N-methyl/N-ethyl adjacent to an activating group) is 1. The molecule has 104 valence electrons. The maximum absolute atomic E-state index is 5.51. The summed E-state index contributed by atoms with van der Waals surface area (Å²) < 4.78 is 10.8. The Morgan fingerprint density at radius 2 is 1.88 bits per heavy atom. The van der Waals surface area contributed by atoms with Gasteiger partial charge in [0.15, 0.2) is 0 Å². The fourth-order valence-electron chi connectivity index (χ4n) is 1.39. The molecular formula is C13H30N2O2. The van der Waals surface area contributed by atoms with E-state index in [1.165, 1.54) is 0 Å². The Balaban J connectivity index is 3.13. The van der Waals surface area contributed by atoms with E-state index in [4.69, 9.17) is 9.47 Å². The molecule has 0 rings (SSSR count). The molecule has 0 amide bonds. The van der Waals surface area contributed by atoms with Crippen molar-refractivity contribution in [1.29, 1.82) is 0 Å². The van der Waals surface area contributed by atoms with Crippen LogP contribution in [-0.4, -0.2) is 64.1 Å². The van der Waals surface area contributed by atoms with Crippen LogP contribution in [0.15, 0.2) is 0 Å². The first-order valence-electron chi connectivity index (χ1n) is 6.75. The first-order chi connectivity index (χ1) is 8.16. The fraction of sp³-hybridized carbons (Fsp3) is 1.00. The van der Waals surface area contributed by atoms with Crippen LogP contribution < -0.4 is 5.32 Å². The minimum atomic E-state index is 0.333. The van der Waals surface area contributed by atoms with E-state index in [-0.39, 0.29) is 0 Å². The van der Waals surface area contributed by atoms with Crippen molar-refractivity contribution >= 4 is 0 Å². The van der Waals surface area contributed by atoms with E-state index in [1.807, 2.05) is 6.92 Å². The van der Waals surface area contributed by atoms with Crippen LogP contribution in [-0.2, 0) is 9.47 Å². The highest BCUT2D eigenvalue weighted by Gasteiger charge is 1.99. The van der Waals surface area contributed by atoms with Crippen molar-refractivity contribution in [2.24, 2.45) is 0 Å². The van der Waals surface area contributed by atoms with Gasteiger partial charge < -0.3 is 19.7 Å². The second-order valence-corrected chi connectivity index (χ2v) is 4.52. The lowest BCUT2D eigenvalue weighted by molar-refractivity contribution is 0.0640. The van der Waals surface area contributed by atoms with Gasteiger partial charge in [0.2, 0.25) is 0 Å². The van der Waals surface area contributed by atoms with E-state index in [2.05, 4.69) is 31.1 Å². The van der Waals surface area contributed by atoms with Crippen LogP contribution in [0.5, 0.6) is 0 Å². The summed E-state index contributed by atoms with van der Waals surface area (Å²) in [5.41, 5.74) is 0. The van der Waals surface area contributed by atoms with Crippen LogP contribution in [0.25, 0.3) is 0 Å². The lowest BCUT2D eigenvalue weighted by atomic mass is 10.4. The van der Waals surface area contributed by atoms with Gasteiger partial charge in [-0.2, -0.15) is 0 Å².